The quantitative estimate of drug-likeness (QED) is 0.866. The Bertz CT molecular complexity index is 335. The highest BCUT2D eigenvalue weighted by molar-refractivity contribution is 4.96. The molecule has 0 aromatic rings. The third-order valence-electron chi connectivity index (χ3n) is 5.39. The topological polar surface area (TPSA) is 41.9 Å². The summed E-state index contributed by atoms with van der Waals surface area (Å²) in [6.07, 6.45) is 7.46. The van der Waals surface area contributed by atoms with Gasteiger partial charge in [0.15, 0.2) is 5.79 Å². The molecule has 122 valence electrons. The molecule has 0 bridgehead atoms. The molecule has 0 aromatic carbocycles. The normalized spacial score (nSPS) is 33.6. The van der Waals surface area contributed by atoms with Gasteiger partial charge in [0.05, 0.1) is 19.3 Å². The highest BCUT2D eigenvalue weighted by Gasteiger charge is 2.47. The van der Waals surface area contributed by atoms with Crippen molar-refractivity contribution in [1.29, 1.82) is 0 Å². The molecule has 2 saturated carbocycles. The van der Waals surface area contributed by atoms with Gasteiger partial charge in [-0.05, 0) is 25.2 Å². The van der Waals surface area contributed by atoms with Gasteiger partial charge < -0.3 is 14.6 Å². The third-order valence-corrected chi connectivity index (χ3v) is 5.39. The number of nitrogens with zero attached hydrogens (tertiary/aromatic N) is 1. The van der Waals surface area contributed by atoms with E-state index in [1.165, 1.54) is 25.7 Å². The number of aliphatic hydroxyl groups is 1. The number of rotatable bonds is 4. The zero-order chi connectivity index (χ0) is 14.9. The zero-order valence-electron chi connectivity index (χ0n) is 13.6. The lowest BCUT2D eigenvalue weighted by atomic mass is 9.85. The molecule has 0 amide bonds. The predicted octanol–water partition coefficient (Wildman–Crippen LogP) is 2.54. The van der Waals surface area contributed by atoms with Crippen LogP contribution in [-0.2, 0) is 9.47 Å². The summed E-state index contributed by atoms with van der Waals surface area (Å²) in [5.41, 5.74) is 0. The van der Waals surface area contributed by atoms with Gasteiger partial charge in [0.25, 0.3) is 0 Å². The highest BCUT2D eigenvalue weighted by Crippen LogP contribution is 2.40. The van der Waals surface area contributed by atoms with E-state index in [1.807, 2.05) is 0 Å². The third kappa shape index (κ3) is 3.44. The monoisotopic (exact) mass is 297 g/mol. The van der Waals surface area contributed by atoms with Crippen LogP contribution in [0.3, 0.4) is 0 Å². The van der Waals surface area contributed by atoms with Crippen molar-refractivity contribution in [2.45, 2.75) is 82.8 Å². The van der Waals surface area contributed by atoms with Gasteiger partial charge in [-0.15, -0.1) is 0 Å². The van der Waals surface area contributed by atoms with E-state index in [4.69, 9.17) is 9.47 Å². The average molecular weight is 297 g/mol. The Morgan fingerprint density at radius 1 is 1.14 bits per heavy atom. The van der Waals surface area contributed by atoms with Crippen LogP contribution in [0.15, 0.2) is 0 Å². The van der Waals surface area contributed by atoms with E-state index in [0.717, 1.165) is 25.8 Å². The van der Waals surface area contributed by atoms with Gasteiger partial charge >= 0.3 is 0 Å². The summed E-state index contributed by atoms with van der Waals surface area (Å²) in [5.74, 6) is 0.221. The molecular formula is C17H31NO3. The smallest absolute Gasteiger partial charge is 0.170 e. The highest BCUT2D eigenvalue weighted by atomic mass is 16.7. The average Bonchev–Trinajstić information content (AvgIpc) is 3.11. The number of hydrogen-bond acceptors (Lipinski definition) is 4. The van der Waals surface area contributed by atoms with Crippen molar-refractivity contribution >= 4 is 0 Å². The summed E-state index contributed by atoms with van der Waals surface area (Å²) in [6, 6.07) is 0.839. The molecule has 0 radical (unpaired) electrons. The van der Waals surface area contributed by atoms with Crippen LogP contribution < -0.4 is 0 Å². The fourth-order valence-electron chi connectivity index (χ4n) is 4.43. The Labute approximate surface area is 128 Å². The largest absolute Gasteiger partial charge is 0.391 e. The molecule has 2 unspecified atom stereocenters. The maximum atomic E-state index is 10.6. The van der Waals surface area contributed by atoms with E-state index in [-0.39, 0.29) is 12.1 Å². The Morgan fingerprint density at radius 3 is 2.43 bits per heavy atom. The van der Waals surface area contributed by atoms with Gasteiger partial charge in [-0.3, -0.25) is 4.90 Å². The van der Waals surface area contributed by atoms with Gasteiger partial charge in [-0.1, -0.05) is 26.7 Å². The lowest BCUT2D eigenvalue weighted by molar-refractivity contribution is -0.208. The molecule has 3 fully saturated rings. The molecule has 1 spiro atoms. The van der Waals surface area contributed by atoms with Gasteiger partial charge in [0.2, 0.25) is 0 Å². The number of ether oxygens (including phenoxy) is 2. The summed E-state index contributed by atoms with van der Waals surface area (Å²) in [6.45, 7) is 7.03. The summed E-state index contributed by atoms with van der Waals surface area (Å²) >= 11 is 0. The first-order valence-corrected chi connectivity index (χ1v) is 8.81. The Balaban J connectivity index is 1.74. The molecule has 4 heteroatoms. The molecule has 3 aliphatic rings. The van der Waals surface area contributed by atoms with E-state index < -0.39 is 5.79 Å². The molecule has 1 saturated heterocycles. The van der Waals surface area contributed by atoms with E-state index in [0.29, 0.717) is 25.2 Å². The standard InChI is InChI=1S/C17H31NO3/c1-13(2)12-18(14-5-3-4-6-14)15-11-17(8-7-16(15)19)20-9-10-21-17/h13-16,19H,3-12H2,1-2H3. The molecule has 0 aromatic heterocycles. The minimum Gasteiger partial charge on any atom is -0.391 e. The van der Waals surface area contributed by atoms with Crippen molar-refractivity contribution in [3.63, 3.8) is 0 Å². The van der Waals surface area contributed by atoms with Gasteiger partial charge in [-0.25, -0.2) is 0 Å². The van der Waals surface area contributed by atoms with Crippen molar-refractivity contribution in [2.24, 2.45) is 5.92 Å². The molecule has 21 heavy (non-hydrogen) atoms. The summed E-state index contributed by atoms with van der Waals surface area (Å²) in [5, 5.41) is 10.6. The van der Waals surface area contributed by atoms with E-state index in [1.54, 1.807) is 0 Å². The second-order valence-corrected chi connectivity index (χ2v) is 7.51. The van der Waals surface area contributed by atoms with Crippen molar-refractivity contribution in [2.75, 3.05) is 19.8 Å². The maximum Gasteiger partial charge on any atom is 0.170 e. The molecule has 1 aliphatic heterocycles. The Morgan fingerprint density at radius 2 is 1.81 bits per heavy atom. The van der Waals surface area contributed by atoms with Crippen LogP contribution in [0, 0.1) is 5.92 Å². The van der Waals surface area contributed by atoms with Crippen LogP contribution in [0.5, 0.6) is 0 Å². The fraction of sp³-hybridized carbons (Fsp3) is 1.00. The summed E-state index contributed by atoms with van der Waals surface area (Å²) < 4.78 is 11.8. The van der Waals surface area contributed by atoms with Gasteiger partial charge in [0.1, 0.15) is 0 Å². The number of aliphatic hydroxyl groups excluding tert-OH is 1. The fourth-order valence-corrected chi connectivity index (χ4v) is 4.43. The van der Waals surface area contributed by atoms with Crippen molar-refractivity contribution in [3.05, 3.63) is 0 Å². The summed E-state index contributed by atoms with van der Waals surface area (Å²) in [4.78, 5) is 2.59. The molecule has 1 heterocycles. The Hall–Kier alpha value is -0.160. The Kier molecular flexibility index (Phi) is 4.89. The first kappa shape index (κ1) is 15.7. The predicted molar refractivity (Wildman–Crippen MR) is 82.1 cm³/mol. The van der Waals surface area contributed by atoms with Gasteiger partial charge in [-0.2, -0.15) is 0 Å². The van der Waals surface area contributed by atoms with Crippen LogP contribution in [0.25, 0.3) is 0 Å². The molecular weight excluding hydrogens is 266 g/mol. The van der Waals surface area contributed by atoms with E-state index in [9.17, 15) is 5.11 Å². The second-order valence-electron chi connectivity index (χ2n) is 7.51. The second kappa shape index (κ2) is 6.53. The lowest BCUT2D eigenvalue weighted by Gasteiger charge is -2.46. The summed E-state index contributed by atoms with van der Waals surface area (Å²) in [7, 11) is 0. The minimum atomic E-state index is -0.405. The molecule has 1 N–H and O–H groups in total. The maximum absolute atomic E-state index is 10.6. The minimum absolute atomic E-state index is 0.197. The van der Waals surface area contributed by atoms with Crippen LogP contribution in [0.4, 0.5) is 0 Å². The molecule has 2 aliphatic carbocycles. The van der Waals surface area contributed by atoms with E-state index >= 15 is 0 Å². The van der Waals surface area contributed by atoms with Crippen molar-refractivity contribution in [1.82, 2.24) is 4.90 Å². The van der Waals surface area contributed by atoms with E-state index in [2.05, 4.69) is 18.7 Å². The molecule has 4 nitrogen and oxygen atoms in total. The van der Waals surface area contributed by atoms with Crippen molar-refractivity contribution in [3.8, 4) is 0 Å². The first-order chi connectivity index (χ1) is 10.1. The first-order valence-electron chi connectivity index (χ1n) is 8.81. The van der Waals surface area contributed by atoms with Gasteiger partial charge in [0, 0.05) is 31.5 Å². The zero-order valence-corrected chi connectivity index (χ0v) is 13.6. The van der Waals surface area contributed by atoms with Crippen LogP contribution >= 0.6 is 0 Å². The van der Waals surface area contributed by atoms with Crippen LogP contribution in [-0.4, -0.2) is 53.7 Å². The van der Waals surface area contributed by atoms with Crippen LogP contribution in [0.1, 0.15) is 58.8 Å². The van der Waals surface area contributed by atoms with Crippen molar-refractivity contribution < 1.29 is 14.6 Å². The molecule has 2 atom stereocenters. The lowest BCUT2D eigenvalue weighted by Crippen LogP contribution is -2.56. The van der Waals surface area contributed by atoms with Crippen LogP contribution in [0.2, 0.25) is 0 Å². The number of hydrogen-bond donors (Lipinski definition) is 1. The SMILES string of the molecule is CC(C)CN(C1CCCC1)C1CC2(CCC1O)OCCO2. The molecule has 3 rings (SSSR count).